The van der Waals surface area contributed by atoms with Crippen molar-refractivity contribution in [1.82, 2.24) is 0 Å². The lowest BCUT2D eigenvalue weighted by molar-refractivity contribution is -0.194. The summed E-state index contributed by atoms with van der Waals surface area (Å²) in [5, 5.41) is 30.7. The summed E-state index contributed by atoms with van der Waals surface area (Å²) in [4.78, 5) is 94.7. The third kappa shape index (κ3) is 6.11. The molecule has 9 rings (SSSR count). The second-order valence-electron chi connectivity index (χ2n) is 18.9. The first-order valence-electron chi connectivity index (χ1n) is 21.4. The standard InChI is InChI=1S/C42H54O16/c1-15-18-13-21(35(42(52)57-25-6-4-9-54-25)34(18)41(51)56-24-5-3-8-53-24)26(15)28-17-11-19(20(12-17)39(49)55-10-7-43)29(28)31-23-14-22(32(36(44)45)33(23)37(46)47)30(31)27-16(2)38(48)58-40(27)50/h15-35,43H,3-14H2,1-2H3,(H,44,45)(H,46,47). The van der Waals surface area contributed by atoms with Crippen molar-refractivity contribution in [3.8, 4) is 0 Å². The number of carbonyl (C=O) groups excluding carboxylic acids is 5. The van der Waals surface area contributed by atoms with Crippen molar-refractivity contribution < 1.29 is 77.3 Å². The van der Waals surface area contributed by atoms with Gasteiger partial charge in [-0.05, 0) is 110 Å². The van der Waals surface area contributed by atoms with E-state index in [1.807, 2.05) is 0 Å². The van der Waals surface area contributed by atoms with E-state index >= 15 is 0 Å². The molecule has 6 bridgehead atoms. The molecule has 3 heterocycles. The summed E-state index contributed by atoms with van der Waals surface area (Å²) in [6, 6.07) is 0. The van der Waals surface area contributed by atoms with Crippen LogP contribution in [0.4, 0.5) is 0 Å². The van der Waals surface area contributed by atoms with E-state index in [0.717, 1.165) is 12.8 Å². The van der Waals surface area contributed by atoms with Crippen molar-refractivity contribution in [2.75, 3.05) is 26.4 Å². The third-order valence-electron chi connectivity index (χ3n) is 16.8. The summed E-state index contributed by atoms with van der Waals surface area (Å²) >= 11 is 0. The number of hydrogen-bond acceptors (Lipinski definition) is 14. The number of esters is 5. The minimum atomic E-state index is -1.28. The highest BCUT2D eigenvalue weighted by Gasteiger charge is 2.74. The molecule has 16 heteroatoms. The predicted octanol–water partition coefficient (Wildman–Crippen LogP) is 2.52. The maximum Gasteiger partial charge on any atom is 0.317 e. The normalized spacial score (nSPS) is 48.4. The van der Waals surface area contributed by atoms with Crippen molar-refractivity contribution in [3.05, 3.63) is 0 Å². The number of hydrogen-bond donors (Lipinski definition) is 3. The minimum Gasteiger partial charge on any atom is -0.481 e. The number of carboxylic acids is 2. The van der Waals surface area contributed by atoms with Crippen LogP contribution in [0.1, 0.15) is 65.2 Å². The van der Waals surface area contributed by atoms with Crippen LogP contribution in [0.5, 0.6) is 0 Å². The Hall–Kier alpha value is -3.63. The molecule has 21 atom stereocenters. The molecule has 16 nitrogen and oxygen atoms in total. The van der Waals surface area contributed by atoms with E-state index in [1.165, 1.54) is 0 Å². The van der Waals surface area contributed by atoms with Crippen LogP contribution in [0.2, 0.25) is 0 Å². The molecule has 0 aromatic carbocycles. The second-order valence-corrected chi connectivity index (χ2v) is 18.9. The molecule has 9 aliphatic rings. The second kappa shape index (κ2) is 15.1. The van der Waals surface area contributed by atoms with E-state index < -0.39 is 125 Å². The zero-order valence-corrected chi connectivity index (χ0v) is 32.8. The Bertz CT molecular complexity index is 1720. The summed E-state index contributed by atoms with van der Waals surface area (Å²) in [7, 11) is 0. The molecule has 6 aliphatic carbocycles. The van der Waals surface area contributed by atoms with Crippen LogP contribution >= 0.6 is 0 Å². The van der Waals surface area contributed by atoms with Gasteiger partial charge in [-0.3, -0.25) is 33.6 Å². The van der Waals surface area contributed by atoms with Gasteiger partial charge >= 0.3 is 41.8 Å². The van der Waals surface area contributed by atoms with Crippen molar-refractivity contribution in [1.29, 1.82) is 0 Å². The summed E-state index contributed by atoms with van der Waals surface area (Å²) in [6.45, 7) is 4.07. The number of cyclic esters (lactones) is 2. The van der Waals surface area contributed by atoms with Crippen LogP contribution in [0, 0.1) is 112 Å². The van der Waals surface area contributed by atoms with Crippen LogP contribution in [0.3, 0.4) is 0 Å². The lowest BCUT2D eigenvalue weighted by atomic mass is 9.51. The number of aliphatic hydroxyl groups is 1. The van der Waals surface area contributed by atoms with Gasteiger partial charge in [0.25, 0.3) is 0 Å². The molecule has 9 fully saturated rings. The molecule has 58 heavy (non-hydrogen) atoms. The molecule has 3 saturated heterocycles. The molecule has 0 spiro atoms. The highest BCUT2D eigenvalue weighted by molar-refractivity contribution is 5.96. The number of aliphatic hydroxyl groups excluding tert-OH is 1. The molecule has 0 radical (unpaired) electrons. The first-order valence-corrected chi connectivity index (χ1v) is 21.4. The first-order chi connectivity index (χ1) is 27.8. The van der Waals surface area contributed by atoms with E-state index in [9.17, 15) is 48.9 Å². The van der Waals surface area contributed by atoms with E-state index in [-0.39, 0.29) is 61.1 Å². The number of aliphatic carboxylic acids is 2. The summed E-state index contributed by atoms with van der Waals surface area (Å²) in [5.41, 5.74) is 0. The number of carboxylic acid groups (broad SMARTS) is 2. The highest BCUT2D eigenvalue weighted by Crippen LogP contribution is 2.74. The molecule has 0 aromatic rings. The van der Waals surface area contributed by atoms with Gasteiger partial charge in [0, 0.05) is 12.8 Å². The third-order valence-corrected chi connectivity index (χ3v) is 16.8. The molecule has 6 saturated carbocycles. The number of carbonyl (C=O) groups is 7. The van der Waals surface area contributed by atoms with Gasteiger partial charge in [0.2, 0.25) is 12.6 Å². The van der Waals surface area contributed by atoms with Crippen LogP contribution in [0.25, 0.3) is 0 Å². The Labute approximate surface area is 335 Å². The highest BCUT2D eigenvalue weighted by atomic mass is 16.7. The number of fused-ring (bicyclic) bond motifs is 6. The molecule has 3 aliphatic heterocycles. The zero-order chi connectivity index (χ0) is 40.9. The van der Waals surface area contributed by atoms with Crippen LogP contribution < -0.4 is 0 Å². The van der Waals surface area contributed by atoms with E-state index in [4.69, 9.17) is 28.4 Å². The molecule has 0 aromatic heterocycles. The Morgan fingerprint density at radius 3 is 1.72 bits per heavy atom. The van der Waals surface area contributed by atoms with E-state index in [0.29, 0.717) is 45.3 Å². The average molecular weight is 815 g/mol. The van der Waals surface area contributed by atoms with Gasteiger partial charge in [-0.2, -0.15) is 0 Å². The molecule has 318 valence electrons. The van der Waals surface area contributed by atoms with Crippen LogP contribution in [-0.4, -0.2) is 96.1 Å². The van der Waals surface area contributed by atoms with E-state index in [2.05, 4.69) is 6.92 Å². The SMILES string of the molecule is CC1C(=O)OC(=O)C1C1C2CC(C(C(=O)O)C2C(=O)O)C1C1C2CC(CC2C(=O)OCCO)C1C1C(C)C2CC1C(C(=O)OC1CCCO1)C2C(=O)OC1CCCO1. The summed E-state index contributed by atoms with van der Waals surface area (Å²) in [5.74, 6) is -16.6. The number of rotatable bonds is 12. The molecule has 3 N–H and O–H groups in total. The largest absolute Gasteiger partial charge is 0.481 e. The van der Waals surface area contributed by atoms with Crippen LogP contribution in [-0.2, 0) is 62.0 Å². The van der Waals surface area contributed by atoms with Gasteiger partial charge in [-0.15, -0.1) is 0 Å². The van der Waals surface area contributed by atoms with Crippen molar-refractivity contribution >= 4 is 41.8 Å². The minimum absolute atomic E-state index is 0.0755. The summed E-state index contributed by atoms with van der Waals surface area (Å²) in [6.07, 6.45) is 3.02. The predicted molar refractivity (Wildman–Crippen MR) is 191 cm³/mol. The van der Waals surface area contributed by atoms with Crippen molar-refractivity contribution in [3.63, 3.8) is 0 Å². The maximum absolute atomic E-state index is 14.4. The van der Waals surface area contributed by atoms with Gasteiger partial charge in [-0.25, -0.2) is 0 Å². The first kappa shape index (κ1) is 39.8. The molecule has 0 amide bonds. The Morgan fingerprint density at radius 1 is 0.638 bits per heavy atom. The van der Waals surface area contributed by atoms with Gasteiger partial charge in [0.15, 0.2) is 0 Å². The fourth-order valence-electron chi connectivity index (χ4n) is 15.1. The Balaban J connectivity index is 1.12. The Morgan fingerprint density at radius 2 is 1.19 bits per heavy atom. The van der Waals surface area contributed by atoms with Gasteiger partial charge in [-0.1, -0.05) is 13.8 Å². The monoisotopic (exact) mass is 814 g/mol. The topological polar surface area (TPSA) is 236 Å². The van der Waals surface area contributed by atoms with Gasteiger partial charge in [0.05, 0.1) is 61.2 Å². The number of ether oxygens (including phenoxy) is 6. The average Bonchev–Trinajstić information content (AvgIpc) is 4.04. The summed E-state index contributed by atoms with van der Waals surface area (Å²) < 4.78 is 33.8. The lowest BCUT2D eigenvalue weighted by Gasteiger charge is -2.52. The van der Waals surface area contributed by atoms with Crippen LogP contribution in [0.15, 0.2) is 0 Å². The quantitative estimate of drug-likeness (QED) is 0.146. The van der Waals surface area contributed by atoms with Gasteiger partial charge < -0.3 is 43.7 Å². The zero-order valence-electron chi connectivity index (χ0n) is 32.8. The smallest absolute Gasteiger partial charge is 0.317 e. The molecular weight excluding hydrogens is 760 g/mol. The Kier molecular flexibility index (Phi) is 10.4. The molecular formula is C42H54O16. The van der Waals surface area contributed by atoms with Crippen molar-refractivity contribution in [2.24, 2.45) is 112 Å². The van der Waals surface area contributed by atoms with E-state index in [1.54, 1.807) is 6.92 Å². The van der Waals surface area contributed by atoms with Gasteiger partial charge in [0.1, 0.15) is 6.61 Å². The lowest BCUT2D eigenvalue weighted by Crippen LogP contribution is -2.54. The fourth-order valence-corrected chi connectivity index (χ4v) is 15.1. The maximum atomic E-state index is 14.4. The van der Waals surface area contributed by atoms with Crippen molar-refractivity contribution in [2.45, 2.75) is 77.8 Å². The fraction of sp³-hybridized carbons (Fsp3) is 0.833. The molecule has 21 unspecified atom stereocenters.